The van der Waals surface area contributed by atoms with E-state index in [0.29, 0.717) is 5.88 Å². The van der Waals surface area contributed by atoms with Crippen LogP contribution in [0.4, 0.5) is 4.39 Å². The first kappa shape index (κ1) is 14.5. The number of fused-ring (bicyclic) bond motifs is 1. The number of pyridine rings is 1. The van der Waals surface area contributed by atoms with E-state index in [2.05, 4.69) is 4.98 Å². The summed E-state index contributed by atoms with van der Waals surface area (Å²) >= 11 is 0. The van der Waals surface area contributed by atoms with Gasteiger partial charge in [-0.3, -0.25) is 4.40 Å². The van der Waals surface area contributed by atoms with Gasteiger partial charge in [0.15, 0.2) is 5.88 Å². The van der Waals surface area contributed by atoms with Gasteiger partial charge in [-0.15, -0.1) is 0 Å². The minimum absolute atomic E-state index is 0.276. The number of halogens is 1. The van der Waals surface area contributed by atoms with Crippen LogP contribution in [-0.2, 0) is 0 Å². The standard InChI is InChI=1S/C20H15FN2O/c1-24-20-12-16(14-6-3-2-4-7-14)11-19-22-13-18(23(19)20)15-8-5-9-17(21)10-15/h2-13H,1H3. The van der Waals surface area contributed by atoms with Crippen molar-refractivity contribution in [2.24, 2.45) is 0 Å². The minimum atomic E-state index is -0.276. The van der Waals surface area contributed by atoms with Crippen LogP contribution in [0.5, 0.6) is 5.88 Å². The van der Waals surface area contributed by atoms with Crippen LogP contribution in [-0.4, -0.2) is 16.5 Å². The Hall–Kier alpha value is -3.14. The molecule has 0 unspecified atom stereocenters. The number of hydrogen-bond acceptors (Lipinski definition) is 2. The Morgan fingerprint density at radius 2 is 1.67 bits per heavy atom. The molecule has 0 fully saturated rings. The maximum atomic E-state index is 13.6. The molecule has 24 heavy (non-hydrogen) atoms. The molecule has 2 heterocycles. The van der Waals surface area contributed by atoms with Crippen LogP contribution in [0.2, 0.25) is 0 Å². The second kappa shape index (κ2) is 5.81. The molecule has 0 aliphatic heterocycles. The number of benzene rings is 2. The van der Waals surface area contributed by atoms with Gasteiger partial charge in [-0.25, -0.2) is 9.37 Å². The normalized spacial score (nSPS) is 10.9. The summed E-state index contributed by atoms with van der Waals surface area (Å²) in [6.45, 7) is 0. The second-order valence-corrected chi connectivity index (χ2v) is 5.50. The smallest absolute Gasteiger partial charge is 0.200 e. The molecule has 0 atom stereocenters. The lowest BCUT2D eigenvalue weighted by atomic mass is 10.1. The van der Waals surface area contributed by atoms with Gasteiger partial charge in [0, 0.05) is 11.6 Å². The summed E-state index contributed by atoms with van der Waals surface area (Å²) in [7, 11) is 1.62. The lowest BCUT2D eigenvalue weighted by Crippen LogP contribution is -1.97. The summed E-state index contributed by atoms with van der Waals surface area (Å²) in [6.07, 6.45) is 1.74. The molecule has 2 aromatic carbocycles. The summed E-state index contributed by atoms with van der Waals surface area (Å²) in [6, 6.07) is 20.5. The van der Waals surface area contributed by atoms with E-state index in [0.717, 1.165) is 28.0 Å². The van der Waals surface area contributed by atoms with Crippen LogP contribution in [0.1, 0.15) is 0 Å². The molecule has 0 radical (unpaired) electrons. The van der Waals surface area contributed by atoms with Crippen molar-refractivity contribution in [2.45, 2.75) is 0 Å². The van der Waals surface area contributed by atoms with E-state index in [1.54, 1.807) is 19.4 Å². The molecule has 4 rings (SSSR count). The number of imidazole rings is 1. The summed E-state index contributed by atoms with van der Waals surface area (Å²) in [5.41, 5.74) is 4.42. The molecule has 0 aliphatic carbocycles. The Morgan fingerprint density at radius 3 is 2.42 bits per heavy atom. The van der Waals surface area contributed by atoms with E-state index in [1.807, 2.05) is 52.9 Å². The molecule has 0 spiro atoms. The van der Waals surface area contributed by atoms with E-state index in [9.17, 15) is 4.39 Å². The average molecular weight is 318 g/mol. The number of nitrogens with zero attached hydrogens (tertiary/aromatic N) is 2. The van der Waals surface area contributed by atoms with Crippen molar-refractivity contribution >= 4 is 5.65 Å². The number of hydrogen-bond donors (Lipinski definition) is 0. The van der Waals surface area contributed by atoms with Crippen LogP contribution < -0.4 is 4.74 Å². The monoisotopic (exact) mass is 318 g/mol. The quantitative estimate of drug-likeness (QED) is 0.541. The first-order valence-electron chi connectivity index (χ1n) is 7.63. The number of aromatic nitrogens is 2. The third-order valence-corrected chi connectivity index (χ3v) is 4.01. The van der Waals surface area contributed by atoms with Crippen LogP contribution in [0.3, 0.4) is 0 Å². The number of rotatable bonds is 3. The fourth-order valence-corrected chi connectivity index (χ4v) is 2.88. The van der Waals surface area contributed by atoms with Crippen LogP contribution in [0.15, 0.2) is 72.9 Å². The van der Waals surface area contributed by atoms with Crippen molar-refractivity contribution in [3.63, 3.8) is 0 Å². The molecule has 0 amide bonds. The Morgan fingerprint density at radius 1 is 0.875 bits per heavy atom. The van der Waals surface area contributed by atoms with Gasteiger partial charge in [-0.2, -0.15) is 0 Å². The molecule has 4 aromatic rings. The largest absolute Gasteiger partial charge is 0.482 e. The van der Waals surface area contributed by atoms with E-state index in [1.165, 1.54) is 12.1 Å². The van der Waals surface area contributed by atoms with Crippen LogP contribution >= 0.6 is 0 Å². The number of ether oxygens (including phenoxy) is 1. The molecule has 3 nitrogen and oxygen atoms in total. The lowest BCUT2D eigenvalue weighted by Gasteiger charge is -2.11. The van der Waals surface area contributed by atoms with Gasteiger partial charge in [0.25, 0.3) is 0 Å². The Balaban J connectivity index is 1.94. The van der Waals surface area contributed by atoms with Gasteiger partial charge in [0.1, 0.15) is 11.5 Å². The Bertz CT molecular complexity index is 1010. The van der Waals surface area contributed by atoms with Crippen molar-refractivity contribution < 1.29 is 9.13 Å². The molecular weight excluding hydrogens is 303 g/mol. The molecule has 118 valence electrons. The third-order valence-electron chi connectivity index (χ3n) is 4.01. The first-order valence-corrected chi connectivity index (χ1v) is 7.63. The summed E-state index contributed by atoms with van der Waals surface area (Å²) < 4.78 is 21.0. The third kappa shape index (κ3) is 2.42. The predicted octanol–water partition coefficient (Wildman–Crippen LogP) is 4.82. The van der Waals surface area contributed by atoms with Crippen molar-refractivity contribution in [1.82, 2.24) is 9.38 Å². The second-order valence-electron chi connectivity index (χ2n) is 5.50. The first-order chi connectivity index (χ1) is 11.8. The highest BCUT2D eigenvalue weighted by atomic mass is 19.1. The molecule has 0 bridgehead atoms. The Kier molecular flexibility index (Phi) is 3.50. The lowest BCUT2D eigenvalue weighted by molar-refractivity contribution is 0.393. The molecule has 0 saturated heterocycles. The average Bonchev–Trinajstić information content (AvgIpc) is 3.06. The van der Waals surface area contributed by atoms with Gasteiger partial charge in [0.05, 0.1) is 19.0 Å². The molecule has 0 N–H and O–H groups in total. The van der Waals surface area contributed by atoms with E-state index >= 15 is 0 Å². The van der Waals surface area contributed by atoms with E-state index in [4.69, 9.17) is 4.74 Å². The molecule has 2 aromatic heterocycles. The fourth-order valence-electron chi connectivity index (χ4n) is 2.88. The van der Waals surface area contributed by atoms with Gasteiger partial charge >= 0.3 is 0 Å². The van der Waals surface area contributed by atoms with Gasteiger partial charge in [-0.1, -0.05) is 42.5 Å². The number of methoxy groups -OCH3 is 1. The zero-order chi connectivity index (χ0) is 16.5. The van der Waals surface area contributed by atoms with Crippen LogP contribution in [0, 0.1) is 5.82 Å². The summed E-state index contributed by atoms with van der Waals surface area (Å²) in [5.74, 6) is 0.380. The highest BCUT2D eigenvalue weighted by molar-refractivity contribution is 5.73. The Labute approximate surface area is 139 Å². The topological polar surface area (TPSA) is 26.5 Å². The zero-order valence-corrected chi connectivity index (χ0v) is 13.1. The summed E-state index contributed by atoms with van der Waals surface area (Å²) in [4.78, 5) is 4.48. The maximum absolute atomic E-state index is 13.6. The van der Waals surface area contributed by atoms with Gasteiger partial charge < -0.3 is 4.74 Å². The summed E-state index contributed by atoms with van der Waals surface area (Å²) in [5, 5.41) is 0. The van der Waals surface area contributed by atoms with E-state index < -0.39 is 0 Å². The minimum Gasteiger partial charge on any atom is -0.482 e. The highest BCUT2D eigenvalue weighted by Gasteiger charge is 2.13. The van der Waals surface area contributed by atoms with Crippen molar-refractivity contribution in [2.75, 3.05) is 7.11 Å². The van der Waals surface area contributed by atoms with Gasteiger partial charge in [-0.05, 0) is 29.3 Å². The van der Waals surface area contributed by atoms with Crippen molar-refractivity contribution in [3.8, 4) is 28.3 Å². The molecular formula is C20H15FN2O. The predicted molar refractivity (Wildman–Crippen MR) is 92.6 cm³/mol. The molecule has 0 aliphatic rings. The zero-order valence-electron chi connectivity index (χ0n) is 13.1. The van der Waals surface area contributed by atoms with Crippen molar-refractivity contribution in [3.05, 3.63) is 78.7 Å². The SMILES string of the molecule is COc1cc(-c2ccccc2)cc2ncc(-c3cccc(F)c3)n12. The van der Waals surface area contributed by atoms with Crippen molar-refractivity contribution in [1.29, 1.82) is 0 Å². The van der Waals surface area contributed by atoms with E-state index in [-0.39, 0.29) is 5.82 Å². The molecule has 4 heteroatoms. The van der Waals surface area contributed by atoms with Gasteiger partial charge in [0.2, 0.25) is 0 Å². The van der Waals surface area contributed by atoms with Crippen LogP contribution in [0.25, 0.3) is 28.0 Å². The highest BCUT2D eigenvalue weighted by Crippen LogP contribution is 2.31. The molecule has 0 saturated carbocycles. The fraction of sp³-hybridized carbons (Fsp3) is 0.0500. The maximum Gasteiger partial charge on any atom is 0.200 e.